The second-order valence-electron chi connectivity index (χ2n) is 18.6. The molecule has 9 rings (SSSR count). The molecule has 3 aliphatic heterocycles. The number of aliphatic hydroxyl groups is 4. The standard InChI is InChI=1S/C54H60O12/c1-32(28-56)41-18-14-33-12-15-36(16-13-33)42-19-17-38(37-11-7-10-35(25-37)24-34-8-5-4-6-9-34)26-40(42)27-46(59)63-50-48-45(66-54(2,3)51(50)65-52(41)60)21-20-43-44(29-57)47(53(61)64-49(43)48)39(22-23-55)30-62-31-58/h4-13,15-16,20-21,25,38-40,42,50-51,55-58H,14,17-19,22-24,26-31H2,1-3H3. The molecule has 4 N–H and O–H groups in total. The largest absolute Gasteiger partial charge is 0.483 e. The minimum absolute atomic E-state index is 0.0206. The van der Waals surface area contributed by atoms with Gasteiger partial charge in [-0.1, -0.05) is 78.9 Å². The molecule has 0 amide bonds. The van der Waals surface area contributed by atoms with Crippen LogP contribution in [0.1, 0.15) is 128 Å². The van der Waals surface area contributed by atoms with Gasteiger partial charge in [0.15, 0.2) is 12.2 Å². The van der Waals surface area contributed by atoms with E-state index in [1.54, 1.807) is 32.9 Å². The monoisotopic (exact) mass is 900 g/mol. The van der Waals surface area contributed by atoms with Crippen LogP contribution >= 0.6 is 0 Å². The lowest BCUT2D eigenvalue weighted by Crippen LogP contribution is -2.52. The molecule has 1 aromatic heterocycles. The van der Waals surface area contributed by atoms with E-state index in [1.807, 2.05) is 6.07 Å². The van der Waals surface area contributed by atoms with Gasteiger partial charge in [0.05, 0.1) is 25.4 Å². The zero-order chi connectivity index (χ0) is 46.5. The molecule has 1 saturated carbocycles. The Labute approximate surface area is 384 Å². The maximum Gasteiger partial charge on any atom is 0.340 e. The Hall–Kier alpha value is -5.63. The molecule has 1 fully saturated rings. The Morgan fingerprint density at radius 3 is 2.35 bits per heavy atom. The van der Waals surface area contributed by atoms with Crippen molar-refractivity contribution in [2.45, 2.75) is 114 Å². The van der Waals surface area contributed by atoms with E-state index >= 15 is 0 Å². The average molecular weight is 901 g/mol. The molecule has 0 radical (unpaired) electrons. The van der Waals surface area contributed by atoms with E-state index in [4.69, 9.17) is 23.4 Å². The van der Waals surface area contributed by atoms with Crippen molar-refractivity contribution in [3.8, 4) is 5.75 Å². The first-order chi connectivity index (χ1) is 31.9. The third-order valence-corrected chi connectivity index (χ3v) is 13.9. The minimum atomic E-state index is -1.34. The fourth-order valence-corrected chi connectivity index (χ4v) is 10.5. The summed E-state index contributed by atoms with van der Waals surface area (Å²) in [6.45, 7) is 3.11. The van der Waals surface area contributed by atoms with Crippen LogP contribution in [0, 0.1) is 5.92 Å². The highest BCUT2D eigenvalue weighted by Crippen LogP contribution is 2.50. The Kier molecular flexibility index (Phi) is 14.6. The van der Waals surface area contributed by atoms with E-state index in [0.29, 0.717) is 17.4 Å². The maximum absolute atomic E-state index is 14.9. The first-order valence-corrected chi connectivity index (χ1v) is 23.1. The van der Waals surface area contributed by atoms with Crippen molar-refractivity contribution >= 4 is 22.9 Å². The molecule has 5 aromatic rings. The number of carbonyl (C=O) groups is 2. The van der Waals surface area contributed by atoms with E-state index in [1.165, 1.54) is 16.7 Å². The summed E-state index contributed by atoms with van der Waals surface area (Å²) >= 11 is 0. The number of benzene rings is 4. The van der Waals surface area contributed by atoms with Crippen LogP contribution in [0.2, 0.25) is 0 Å². The van der Waals surface area contributed by atoms with Crippen LogP contribution in [0.15, 0.2) is 111 Å². The molecule has 4 aliphatic rings. The predicted octanol–water partition coefficient (Wildman–Crippen LogP) is 7.99. The highest BCUT2D eigenvalue weighted by atomic mass is 16.6. The molecule has 12 nitrogen and oxygen atoms in total. The molecular formula is C54H60O12. The lowest BCUT2D eigenvalue weighted by atomic mass is 9.68. The van der Waals surface area contributed by atoms with Crippen molar-refractivity contribution in [2.24, 2.45) is 5.92 Å². The van der Waals surface area contributed by atoms with Crippen molar-refractivity contribution in [2.75, 3.05) is 26.6 Å². The number of hydrogen-bond donors (Lipinski definition) is 4. The molecule has 0 spiro atoms. The Morgan fingerprint density at radius 2 is 1.62 bits per heavy atom. The number of aliphatic hydroxyl groups excluding tert-OH is 4. The van der Waals surface area contributed by atoms with Gasteiger partial charge in [0.1, 0.15) is 23.7 Å². The van der Waals surface area contributed by atoms with Crippen molar-refractivity contribution in [1.82, 2.24) is 0 Å². The van der Waals surface area contributed by atoms with Gasteiger partial charge in [-0.05, 0) is 135 Å². The summed E-state index contributed by atoms with van der Waals surface area (Å²) in [5, 5.41) is 40.8. The normalized spacial score (nSPS) is 23.2. The van der Waals surface area contributed by atoms with Gasteiger partial charge >= 0.3 is 17.6 Å². The van der Waals surface area contributed by atoms with Crippen molar-refractivity contribution in [3.05, 3.63) is 157 Å². The topological polar surface area (TPSA) is 182 Å². The van der Waals surface area contributed by atoms with Gasteiger partial charge in [0, 0.05) is 35.5 Å². The number of esters is 2. The molecule has 4 aromatic carbocycles. The van der Waals surface area contributed by atoms with Crippen LogP contribution < -0.4 is 10.4 Å². The van der Waals surface area contributed by atoms with Gasteiger partial charge in [0.25, 0.3) is 0 Å². The summed E-state index contributed by atoms with van der Waals surface area (Å²) in [7, 11) is 0. The molecule has 0 saturated heterocycles. The molecule has 66 heavy (non-hydrogen) atoms. The minimum Gasteiger partial charge on any atom is -0.483 e. The summed E-state index contributed by atoms with van der Waals surface area (Å²) in [6.07, 6.45) is 1.62. The number of aryl methyl sites for hydroxylation is 1. The highest BCUT2D eigenvalue weighted by molar-refractivity contribution is 5.90. The zero-order valence-electron chi connectivity index (χ0n) is 37.9. The molecule has 4 heterocycles. The molecule has 2 bridgehead atoms. The third kappa shape index (κ3) is 9.89. The summed E-state index contributed by atoms with van der Waals surface area (Å²) in [6, 6.07) is 30.8. The van der Waals surface area contributed by atoms with Crippen molar-refractivity contribution in [3.63, 3.8) is 0 Å². The molecule has 12 heteroatoms. The van der Waals surface area contributed by atoms with E-state index in [9.17, 15) is 34.8 Å². The van der Waals surface area contributed by atoms with Gasteiger partial charge < -0.3 is 43.8 Å². The molecular weight excluding hydrogens is 841 g/mol. The Bertz CT molecular complexity index is 2610. The van der Waals surface area contributed by atoms with E-state index in [2.05, 4.69) is 72.8 Å². The van der Waals surface area contributed by atoms with Gasteiger partial charge in [0.2, 0.25) is 0 Å². The van der Waals surface area contributed by atoms with Crippen LogP contribution in [0.5, 0.6) is 5.75 Å². The fraction of sp³-hybridized carbons (Fsp3) is 0.426. The van der Waals surface area contributed by atoms with Crippen LogP contribution in [0.25, 0.3) is 11.0 Å². The number of carbonyl (C=O) groups excluding carboxylic acids is 2. The first kappa shape index (κ1) is 46.9. The van der Waals surface area contributed by atoms with Crippen LogP contribution in [-0.4, -0.2) is 70.7 Å². The zero-order valence-corrected chi connectivity index (χ0v) is 37.9. The fourth-order valence-electron chi connectivity index (χ4n) is 10.5. The van der Waals surface area contributed by atoms with E-state index in [0.717, 1.165) is 36.8 Å². The van der Waals surface area contributed by atoms with Crippen LogP contribution in [0.3, 0.4) is 0 Å². The van der Waals surface area contributed by atoms with Crippen LogP contribution in [0.4, 0.5) is 0 Å². The summed E-state index contributed by atoms with van der Waals surface area (Å²) in [4.78, 5) is 43.4. The number of hydrogen-bond acceptors (Lipinski definition) is 12. The molecule has 6 unspecified atom stereocenters. The maximum atomic E-state index is 14.9. The smallest absolute Gasteiger partial charge is 0.340 e. The second-order valence-corrected chi connectivity index (χ2v) is 18.6. The molecule has 1 aliphatic carbocycles. The lowest BCUT2D eigenvalue weighted by Gasteiger charge is -2.44. The van der Waals surface area contributed by atoms with Gasteiger partial charge in [-0.3, -0.25) is 4.79 Å². The quantitative estimate of drug-likeness (QED) is 0.0435. The second kappa shape index (κ2) is 20.5. The lowest BCUT2D eigenvalue weighted by molar-refractivity contribution is -0.188. The van der Waals surface area contributed by atoms with Crippen molar-refractivity contribution < 1.29 is 53.4 Å². The van der Waals surface area contributed by atoms with E-state index < -0.39 is 54.7 Å². The highest BCUT2D eigenvalue weighted by Gasteiger charge is 2.51. The molecule has 6 atom stereocenters. The van der Waals surface area contributed by atoms with Gasteiger partial charge in [-0.25, -0.2) is 9.59 Å². The third-order valence-electron chi connectivity index (χ3n) is 13.9. The first-order valence-electron chi connectivity index (χ1n) is 23.1. The van der Waals surface area contributed by atoms with Crippen molar-refractivity contribution in [1.29, 1.82) is 0 Å². The van der Waals surface area contributed by atoms with Crippen LogP contribution in [-0.2, 0) is 43.2 Å². The van der Waals surface area contributed by atoms with E-state index in [-0.39, 0.29) is 90.4 Å². The van der Waals surface area contributed by atoms with Gasteiger partial charge in [-0.2, -0.15) is 0 Å². The predicted molar refractivity (Wildman–Crippen MR) is 247 cm³/mol. The number of ether oxygens (including phenoxy) is 4. The molecule has 348 valence electrons. The summed E-state index contributed by atoms with van der Waals surface area (Å²) < 4.78 is 31.0. The Morgan fingerprint density at radius 1 is 0.848 bits per heavy atom. The summed E-state index contributed by atoms with van der Waals surface area (Å²) in [5.74, 6) is -1.63. The average Bonchev–Trinajstić information content (AvgIpc) is 3.31. The summed E-state index contributed by atoms with van der Waals surface area (Å²) in [5.41, 5.74) is 4.86. The Balaban J connectivity index is 1.22. The number of rotatable bonds is 11. The van der Waals surface area contributed by atoms with Gasteiger partial charge in [-0.15, -0.1) is 0 Å². The SMILES string of the molecule is CC(CO)=C1CCc2ccc(cc2)C2CCC(c3cccc(Cc4ccccc4)c3)CC2CC(=O)OC2c3c(ccc4c(CO)c(C(CCO)COCO)c(=O)oc34)OC(C)(C)C2OC1=O. The number of fused-ring (bicyclic) bond motifs is 11.